The van der Waals surface area contributed by atoms with Crippen LogP contribution in [0, 0.1) is 0 Å². The van der Waals surface area contributed by atoms with Gasteiger partial charge in [-0.15, -0.1) is 11.6 Å². The van der Waals surface area contributed by atoms with Crippen LogP contribution in [0.4, 0.5) is 0 Å². The summed E-state index contributed by atoms with van der Waals surface area (Å²) in [5.41, 5.74) is 0. The molecule has 0 spiro atoms. The van der Waals surface area contributed by atoms with Gasteiger partial charge in [0.05, 0.1) is 4.77 Å². The van der Waals surface area contributed by atoms with E-state index in [-0.39, 0.29) is 6.42 Å². The van der Waals surface area contributed by atoms with Crippen molar-refractivity contribution in [3.8, 4) is 0 Å². The number of unbranched alkanes of at least 4 members (excludes halogenated alkanes) is 2. The highest BCUT2D eigenvalue weighted by Crippen LogP contribution is 2.39. The largest absolute Gasteiger partial charge is 0.479 e. The van der Waals surface area contributed by atoms with Crippen molar-refractivity contribution in [1.82, 2.24) is 0 Å². The molecule has 2 nitrogen and oxygen atoms in total. The minimum Gasteiger partial charge on any atom is -0.410 e. The van der Waals surface area contributed by atoms with Crippen LogP contribution < -0.4 is 0 Å². The molecule has 0 saturated heterocycles. The van der Waals surface area contributed by atoms with Crippen molar-refractivity contribution in [1.29, 1.82) is 0 Å². The van der Waals surface area contributed by atoms with Gasteiger partial charge < -0.3 is 9.31 Å². The Hall–Kier alpha value is 1.14. The molecule has 0 aliphatic heterocycles. The van der Waals surface area contributed by atoms with E-state index in [2.05, 4.69) is 13.8 Å². The second-order valence-electron chi connectivity index (χ2n) is 4.85. The Morgan fingerprint density at radius 1 is 0.895 bits per heavy atom. The van der Waals surface area contributed by atoms with Crippen LogP contribution in [-0.2, 0) is 9.31 Å². The predicted molar refractivity (Wildman–Crippen MR) is 86.6 cm³/mol. The van der Waals surface area contributed by atoms with Crippen molar-refractivity contribution in [3.63, 3.8) is 0 Å². The van der Waals surface area contributed by atoms with Gasteiger partial charge in [-0.3, -0.25) is 0 Å². The maximum absolute atomic E-state index is 6.44. The maximum Gasteiger partial charge on any atom is 0.479 e. The third-order valence-electron chi connectivity index (χ3n) is 2.57. The molecule has 0 aliphatic rings. The molecule has 0 bridgehead atoms. The van der Waals surface area contributed by atoms with E-state index in [4.69, 9.17) is 55.7 Å². The lowest BCUT2D eigenvalue weighted by Crippen LogP contribution is -2.46. The van der Waals surface area contributed by atoms with Crippen molar-refractivity contribution in [2.24, 2.45) is 0 Å². The normalized spacial score (nSPS) is 15.3. The molecule has 0 radical (unpaired) electrons. The van der Waals surface area contributed by atoms with E-state index in [9.17, 15) is 0 Å². The molecule has 114 valence electrons. The predicted octanol–water partition coefficient (Wildman–Crippen LogP) is 5.41. The van der Waals surface area contributed by atoms with Crippen molar-refractivity contribution in [2.75, 3.05) is 13.2 Å². The van der Waals surface area contributed by atoms with Gasteiger partial charge in [0, 0.05) is 19.6 Å². The standard InChI is InChI=1S/C12H23BCl4O2/c1-4-6-8-18-13(19-9-7-5-2)11(3,14)10-12(15,16)17/h4-10H2,1-3H3. The summed E-state index contributed by atoms with van der Waals surface area (Å²) in [5.74, 6) is 0. The molecular weight excluding hydrogens is 329 g/mol. The van der Waals surface area contributed by atoms with Crippen LogP contribution >= 0.6 is 46.4 Å². The zero-order chi connectivity index (χ0) is 14.9. The molecule has 0 fully saturated rings. The number of halogens is 4. The number of alkyl halides is 4. The fraction of sp³-hybridized carbons (Fsp3) is 1.00. The molecule has 1 unspecified atom stereocenters. The van der Waals surface area contributed by atoms with E-state index >= 15 is 0 Å². The van der Waals surface area contributed by atoms with Crippen molar-refractivity contribution in [2.45, 2.75) is 61.4 Å². The minimum absolute atomic E-state index is 0.162. The first kappa shape index (κ1) is 20.1. The Morgan fingerprint density at radius 2 is 1.32 bits per heavy atom. The number of hydrogen-bond donors (Lipinski definition) is 0. The molecule has 1 atom stereocenters. The van der Waals surface area contributed by atoms with E-state index in [1.807, 2.05) is 0 Å². The fourth-order valence-corrected chi connectivity index (χ4v) is 2.90. The Labute approximate surface area is 137 Å². The smallest absolute Gasteiger partial charge is 0.410 e. The first-order valence-electron chi connectivity index (χ1n) is 6.71. The van der Waals surface area contributed by atoms with Crippen LogP contribution in [0.3, 0.4) is 0 Å². The van der Waals surface area contributed by atoms with E-state index in [1.165, 1.54) is 0 Å². The zero-order valence-electron chi connectivity index (χ0n) is 11.9. The average Bonchev–Trinajstić information content (AvgIpc) is 2.24. The SMILES string of the molecule is CCCCOB(OCCCC)C(C)(Cl)CC(Cl)(Cl)Cl. The molecule has 0 saturated carbocycles. The summed E-state index contributed by atoms with van der Waals surface area (Å²) in [6.45, 7) is 7.15. The first-order valence-corrected chi connectivity index (χ1v) is 8.23. The lowest BCUT2D eigenvalue weighted by atomic mass is 9.70. The van der Waals surface area contributed by atoms with Gasteiger partial charge in [-0.2, -0.15) is 0 Å². The fourth-order valence-electron chi connectivity index (χ4n) is 1.54. The van der Waals surface area contributed by atoms with Crippen LogP contribution in [-0.4, -0.2) is 28.9 Å². The van der Waals surface area contributed by atoms with Gasteiger partial charge in [0.1, 0.15) is 0 Å². The van der Waals surface area contributed by atoms with Gasteiger partial charge in [-0.05, 0) is 19.8 Å². The van der Waals surface area contributed by atoms with Crippen LogP contribution in [0.1, 0.15) is 52.9 Å². The van der Waals surface area contributed by atoms with Crippen molar-refractivity contribution in [3.05, 3.63) is 0 Å². The Bertz CT molecular complexity index is 224. The van der Waals surface area contributed by atoms with Crippen molar-refractivity contribution >= 4 is 53.5 Å². The van der Waals surface area contributed by atoms with Crippen LogP contribution in [0.25, 0.3) is 0 Å². The highest BCUT2D eigenvalue weighted by atomic mass is 35.6. The second kappa shape index (κ2) is 9.97. The Balaban J connectivity index is 4.49. The number of rotatable bonds is 10. The van der Waals surface area contributed by atoms with E-state index in [0.717, 1.165) is 25.7 Å². The summed E-state index contributed by atoms with van der Waals surface area (Å²) >= 11 is 23.9. The molecule has 19 heavy (non-hydrogen) atoms. The third-order valence-corrected chi connectivity index (χ3v) is 3.28. The summed E-state index contributed by atoms with van der Waals surface area (Å²) in [6, 6.07) is 0. The first-order chi connectivity index (χ1) is 8.73. The summed E-state index contributed by atoms with van der Waals surface area (Å²) in [5, 5.41) is 0. The van der Waals surface area contributed by atoms with Crippen LogP contribution in [0.2, 0.25) is 0 Å². The molecule has 0 aliphatic carbocycles. The van der Waals surface area contributed by atoms with Gasteiger partial charge in [-0.25, -0.2) is 0 Å². The Morgan fingerprint density at radius 3 is 1.63 bits per heavy atom. The molecule has 0 heterocycles. The molecule has 0 N–H and O–H groups in total. The van der Waals surface area contributed by atoms with Crippen LogP contribution in [0.5, 0.6) is 0 Å². The molecular formula is C12H23BCl4O2. The van der Waals surface area contributed by atoms with Crippen LogP contribution in [0.15, 0.2) is 0 Å². The van der Waals surface area contributed by atoms with E-state index in [0.29, 0.717) is 13.2 Å². The topological polar surface area (TPSA) is 18.5 Å². The van der Waals surface area contributed by atoms with Gasteiger partial charge >= 0.3 is 7.12 Å². The summed E-state index contributed by atoms with van der Waals surface area (Å²) in [4.78, 5) is 0. The highest BCUT2D eigenvalue weighted by molar-refractivity contribution is 6.69. The number of hydrogen-bond acceptors (Lipinski definition) is 2. The molecule has 0 amide bonds. The van der Waals surface area contributed by atoms with Gasteiger partial charge in [0.2, 0.25) is 0 Å². The lowest BCUT2D eigenvalue weighted by Gasteiger charge is -2.30. The summed E-state index contributed by atoms with van der Waals surface area (Å²) < 4.78 is 9.13. The van der Waals surface area contributed by atoms with Crippen molar-refractivity contribution < 1.29 is 9.31 Å². The lowest BCUT2D eigenvalue weighted by molar-refractivity contribution is 0.179. The summed E-state index contributed by atoms with van der Waals surface area (Å²) in [6.07, 6.45) is 4.16. The minimum atomic E-state index is -1.42. The van der Waals surface area contributed by atoms with Gasteiger partial charge in [0.25, 0.3) is 0 Å². The molecule has 0 aromatic heterocycles. The molecule has 0 aromatic rings. The van der Waals surface area contributed by atoms with E-state index < -0.39 is 15.7 Å². The van der Waals surface area contributed by atoms with Gasteiger partial charge in [-0.1, -0.05) is 61.5 Å². The highest BCUT2D eigenvalue weighted by Gasteiger charge is 2.45. The zero-order valence-corrected chi connectivity index (χ0v) is 14.9. The second-order valence-corrected chi connectivity index (χ2v) is 8.23. The third kappa shape index (κ3) is 10.5. The maximum atomic E-state index is 6.44. The monoisotopic (exact) mass is 350 g/mol. The van der Waals surface area contributed by atoms with E-state index in [1.54, 1.807) is 6.92 Å². The van der Waals surface area contributed by atoms with Gasteiger partial charge in [0.15, 0.2) is 3.79 Å². The molecule has 7 heteroatoms. The quantitative estimate of drug-likeness (QED) is 0.298. The molecule has 0 aromatic carbocycles. The molecule has 0 rings (SSSR count). The average molecular weight is 352 g/mol. The Kier molecular flexibility index (Phi) is 10.6. The summed E-state index contributed by atoms with van der Waals surface area (Å²) in [7, 11) is -0.567.